The summed E-state index contributed by atoms with van der Waals surface area (Å²) in [4.78, 5) is 24.7. The van der Waals surface area contributed by atoms with Gasteiger partial charge in [0.05, 0.1) is 23.1 Å². The SMILES string of the molecule is N#Cc1ccccc1NC(=O)CCOC(=O)C1(c2ccc(Cl)cc2)CCC1. The standard InChI is InChI=1S/C21H19ClN2O3/c22-17-8-6-16(7-9-17)21(11-3-12-21)20(26)27-13-10-19(25)24-18-5-2-1-4-15(18)14-23/h1-2,4-9H,3,10-13H2,(H,24,25). The first-order valence-corrected chi connectivity index (χ1v) is 9.15. The van der Waals surface area contributed by atoms with Crippen LogP contribution in [0.25, 0.3) is 0 Å². The molecular formula is C21H19ClN2O3. The van der Waals surface area contributed by atoms with Crippen LogP contribution in [0, 0.1) is 11.3 Å². The zero-order valence-electron chi connectivity index (χ0n) is 14.7. The molecule has 1 N–H and O–H groups in total. The van der Waals surface area contributed by atoms with Gasteiger partial charge in [0.25, 0.3) is 0 Å². The molecule has 0 radical (unpaired) electrons. The third-order valence-corrected chi connectivity index (χ3v) is 5.13. The second-order valence-electron chi connectivity index (χ2n) is 6.53. The van der Waals surface area contributed by atoms with Crippen LogP contribution in [0.4, 0.5) is 5.69 Å². The minimum atomic E-state index is -0.630. The van der Waals surface area contributed by atoms with E-state index in [1.807, 2.05) is 18.2 Å². The van der Waals surface area contributed by atoms with Gasteiger partial charge in [-0.3, -0.25) is 9.59 Å². The van der Waals surface area contributed by atoms with Crippen LogP contribution in [0.2, 0.25) is 5.02 Å². The van der Waals surface area contributed by atoms with Gasteiger partial charge in [0.2, 0.25) is 5.91 Å². The Morgan fingerprint density at radius 3 is 2.48 bits per heavy atom. The van der Waals surface area contributed by atoms with E-state index < -0.39 is 5.41 Å². The molecule has 2 aromatic rings. The van der Waals surface area contributed by atoms with Crippen molar-refractivity contribution in [1.82, 2.24) is 0 Å². The minimum absolute atomic E-state index is 0.00523. The lowest BCUT2D eigenvalue weighted by Gasteiger charge is -2.39. The first kappa shape index (κ1) is 18.9. The molecule has 3 rings (SSSR count). The average Bonchev–Trinajstić information content (AvgIpc) is 2.63. The summed E-state index contributed by atoms with van der Waals surface area (Å²) in [7, 11) is 0. The quantitative estimate of drug-likeness (QED) is 0.759. The zero-order valence-corrected chi connectivity index (χ0v) is 15.5. The topological polar surface area (TPSA) is 79.2 Å². The number of rotatable bonds is 6. The fourth-order valence-corrected chi connectivity index (χ4v) is 3.31. The molecule has 1 aliphatic rings. The number of anilines is 1. The van der Waals surface area contributed by atoms with Crippen molar-refractivity contribution >= 4 is 29.2 Å². The Balaban J connectivity index is 1.55. The number of hydrogen-bond acceptors (Lipinski definition) is 4. The van der Waals surface area contributed by atoms with E-state index in [4.69, 9.17) is 21.6 Å². The molecule has 0 aromatic heterocycles. The van der Waals surface area contributed by atoms with Crippen LogP contribution in [-0.4, -0.2) is 18.5 Å². The van der Waals surface area contributed by atoms with Gasteiger partial charge in [-0.15, -0.1) is 0 Å². The number of para-hydroxylation sites is 1. The van der Waals surface area contributed by atoms with Crippen LogP contribution in [-0.2, 0) is 19.7 Å². The van der Waals surface area contributed by atoms with Gasteiger partial charge < -0.3 is 10.1 Å². The predicted octanol–water partition coefficient (Wildman–Crippen LogP) is 4.21. The Kier molecular flexibility index (Phi) is 5.78. The number of carbonyl (C=O) groups is 2. The van der Waals surface area contributed by atoms with Crippen LogP contribution in [0.1, 0.15) is 36.8 Å². The van der Waals surface area contributed by atoms with Crippen molar-refractivity contribution in [1.29, 1.82) is 5.26 Å². The lowest BCUT2D eigenvalue weighted by molar-refractivity contribution is -0.154. The van der Waals surface area contributed by atoms with Crippen LogP contribution in [0.5, 0.6) is 0 Å². The third kappa shape index (κ3) is 4.12. The molecule has 0 bridgehead atoms. The van der Waals surface area contributed by atoms with Crippen molar-refractivity contribution in [3.05, 3.63) is 64.7 Å². The number of carbonyl (C=O) groups excluding carboxylic acids is 2. The van der Waals surface area contributed by atoms with Crippen LogP contribution in [0.3, 0.4) is 0 Å². The number of amides is 1. The summed E-state index contributed by atoms with van der Waals surface area (Å²) in [6, 6.07) is 16.0. The monoisotopic (exact) mass is 382 g/mol. The van der Waals surface area contributed by atoms with Crippen LogP contribution in [0.15, 0.2) is 48.5 Å². The van der Waals surface area contributed by atoms with E-state index in [9.17, 15) is 9.59 Å². The number of esters is 1. The highest BCUT2D eigenvalue weighted by Crippen LogP contribution is 2.45. The lowest BCUT2D eigenvalue weighted by Crippen LogP contribution is -2.43. The summed E-state index contributed by atoms with van der Waals surface area (Å²) in [6.45, 7) is -0.00523. The van der Waals surface area contributed by atoms with E-state index in [1.165, 1.54) is 0 Å². The Labute approximate surface area is 162 Å². The number of nitriles is 1. The number of halogens is 1. The van der Waals surface area contributed by atoms with E-state index in [2.05, 4.69) is 5.32 Å². The van der Waals surface area contributed by atoms with Crippen molar-refractivity contribution in [3.63, 3.8) is 0 Å². The summed E-state index contributed by atoms with van der Waals surface area (Å²) in [6.07, 6.45) is 2.45. The smallest absolute Gasteiger partial charge is 0.316 e. The molecule has 0 aliphatic heterocycles. The van der Waals surface area contributed by atoms with E-state index >= 15 is 0 Å². The Bertz CT molecular complexity index is 883. The van der Waals surface area contributed by atoms with E-state index in [0.717, 1.165) is 24.8 Å². The number of nitrogens with one attached hydrogen (secondary N) is 1. The molecule has 5 nitrogen and oxygen atoms in total. The number of nitrogens with zero attached hydrogens (tertiary/aromatic N) is 1. The Hall–Kier alpha value is -2.84. The third-order valence-electron chi connectivity index (χ3n) is 4.88. The van der Waals surface area contributed by atoms with E-state index in [0.29, 0.717) is 16.3 Å². The normalized spacial score (nSPS) is 14.5. The van der Waals surface area contributed by atoms with Crippen molar-refractivity contribution in [2.45, 2.75) is 31.1 Å². The molecule has 0 unspecified atom stereocenters. The van der Waals surface area contributed by atoms with E-state index in [-0.39, 0.29) is 24.9 Å². The molecule has 0 heterocycles. The number of ether oxygens (including phenoxy) is 1. The molecule has 1 saturated carbocycles. The first-order valence-electron chi connectivity index (χ1n) is 8.77. The Morgan fingerprint density at radius 1 is 1.15 bits per heavy atom. The maximum Gasteiger partial charge on any atom is 0.316 e. The fourth-order valence-electron chi connectivity index (χ4n) is 3.19. The lowest BCUT2D eigenvalue weighted by atomic mass is 9.64. The molecular weight excluding hydrogens is 364 g/mol. The van der Waals surface area contributed by atoms with Gasteiger partial charge in [0.15, 0.2) is 0 Å². The molecule has 1 amide bonds. The van der Waals surface area contributed by atoms with Crippen molar-refractivity contribution in [2.75, 3.05) is 11.9 Å². The Morgan fingerprint density at radius 2 is 1.85 bits per heavy atom. The zero-order chi connectivity index (χ0) is 19.3. The number of benzene rings is 2. The molecule has 0 saturated heterocycles. The van der Waals surface area contributed by atoms with Gasteiger partial charge in [0, 0.05) is 5.02 Å². The molecule has 0 spiro atoms. The predicted molar refractivity (Wildman–Crippen MR) is 102 cm³/mol. The largest absolute Gasteiger partial charge is 0.464 e. The van der Waals surface area contributed by atoms with Gasteiger partial charge in [-0.2, -0.15) is 5.26 Å². The number of hydrogen-bond donors (Lipinski definition) is 1. The molecule has 1 aliphatic carbocycles. The highest BCUT2D eigenvalue weighted by molar-refractivity contribution is 6.30. The van der Waals surface area contributed by atoms with Crippen LogP contribution >= 0.6 is 11.6 Å². The van der Waals surface area contributed by atoms with Gasteiger partial charge in [-0.25, -0.2) is 0 Å². The molecule has 138 valence electrons. The minimum Gasteiger partial charge on any atom is -0.464 e. The van der Waals surface area contributed by atoms with Gasteiger partial charge in [-0.05, 0) is 42.7 Å². The van der Waals surface area contributed by atoms with Crippen molar-refractivity contribution < 1.29 is 14.3 Å². The fraction of sp³-hybridized carbons (Fsp3) is 0.286. The van der Waals surface area contributed by atoms with Gasteiger partial charge in [-0.1, -0.05) is 42.3 Å². The van der Waals surface area contributed by atoms with Crippen LogP contribution < -0.4 is 5.32 Å². The molecule has 6 heteroatoms. The maximum atomic E-state index is 12.6. The van der Waals surface area contributed by atoms with Crippen molar-refractivity contribution in [3.8, 4) is 6.07 Å². The van der Waals surface area contributed by atoms with Crippen molar-refractivity contribution in [2.24, 2.45) is 0 Å². The summed E-state index contributed by atoms with van der Waals surface area (Å²) in [5, 5.41) is 12.3. The summed E-state index contributed by atoms with van der Waals surface area (Å²) in [5.74, 6) is -0.610. The van der Waals surface area contributed by atoms with E-state index in [1.54, 1.807) is 36.4 Å². The second kappa shape index (κ2) is 8.24. The maximum absolute atomic E-state index is 12.6. The molecule has 27 heavy (non-hydrogen) atoms. The summed E-state index contributed by atoms with van der Waals surface area (Å²) >= 11 is 5.93. The van der Waals surface area contributed by atoms with Gasteiger partial charge >= 0.3 is 5.97 Å². The molecule has 1 fully saturated rings. The second-order valence-corrected chi connectivity index (χ2v) is 6.97. The highest BCUT2D eigenvalue weighted by Gasteiger charge is 2.47. The first-order chi connectivity index (χ1) is 13.0. The summed E-state index contributed by atoms with van der Waals surface area (Å²) in [5.41, 5.74) is 1.11. The molecule has 2 aromatic carbocycles. The molecule has 0 atom stereocenters. The highest BCUT2D eigenvalue weighted by atomic mass is 35.5. The average molecular weight is 383 g/mol. The summed E-state index contributed by atoms with van der Waals surface area (Å²) < 4.78 is 5.40. The van der Waals surface area contributed by atoms with Gasteiger partial charge in [0.1, 0.15) is 12.7 Å².